The van der Waals surface area contributed by atoms with Gasteiger partial charge in [0.15, 0.2) is 0 Å². The van der Waals surface area contributed by atoms with E-state index >= 15 is 0 Å². The molecule has 1 heteroatoms. The molecule has 0 saturated heterocycles. The van der Waals surface area contributed by atoms with Crippen molar-refractivity contribution < 1.29 is 0 Å². The van der Waals surface area contributed by atoms with Gasteiger partial charge < -0.3 is 5.73 Å². The van der Waals surface area contributed by atoms with Crippen LogP contribution in [0.4, 0.5) is 5.69 Å². The predicted octanol–water partition coefficient (Wildman–Crippen LogP) is 2.62. The Bertz CT molecular complexity index is 218. The van der Waals surface area contributed by atoms with E-state index in [0.29, 0.717) is 0 Å². The third-order valence-electron chi connectivity index (χ3n) is 1.65. The Labute approximate surface area is 68.2 Å². The molecule has 1 rings (SSSR count). The lowest BCUT2D eigenvalue weighted by Crippen LogP contribution is -1.91. The number of hydrogen-bond acceptors (Lipinski definition) is 1. The van der Waals surface area contributed by atoms with E-state index in [1.54, 1.807) is 0 Å². The summed E-state index contributed by atoms with van der Waals surface area (Å²) in [5.74, 6) is 0. The van der Waals surface area contributed by atoms with Crippen molar-refractivity contribution in [2.45, 2.75) is 19.8 Å². The summed E-state index contributed by atoms with van der Waals surface area (Å²) in [4.78, 5) is 0. The van der Waals surface area contributed by atoms with E-state index in [4.69, 9.17) is 5.73 Å². The van der Waals surface area contributed by atoms with Crippen LogP contribution in [0.3, 0.4) is 0 Å². The van der Waals surface area contributed by atoms with Gasteiger partial charge in [0.1, 0.15) is 0 Å². The van der Waals surface area contributed by atoms with Crippen molar-refractivity contribution in [3.63, 3.8) is 0 Å². The van der Waals surface area contributed by atoms with Gasteiger partial charge in [0.2, 0.25) is 0 Å². The van der Waals surface area contributed by atoms with Gasteiger partial charge in [-0.15, -0.1) is 0 Å². The molecule has 0 spiro atoms. The zero-order valence-corrected chi connectivity index (χ0v) is 6.88. The van der Waals surface area contributed by atoms with Crippen molar-refractivity contribution in [1.82, 2.24) is 0 Å². The Hall–Kier alpha value is -0.980. The zero-order chi connectivity index (χ0) is 8.10. The number of unbranched alkanes of at least 4 members (excludes halogenated alkanes) is 1. The number of benzene rings is 1. The summed E-state index contributed by atoms with van der Waals surface area (Å²) < 4.78 is 0. The lowest BCUT2D eigenvalue weighted by molar-refractivity contribution is 0.914. The minimum atomic E-state index is 0.876. The van der Waals surface area contributed by atoms with Crippen LogP contribution in [0.1, 0.15) is 25.3 Å². The number of hydrogen-bond donors (Lipinski definition) is 1. The second kappa shape index (κ2) is 4.02. The van der Waals surface area contributed by atoms with Crippen LogP contribution in [0.5, 0.6) is 0 Å². The first-order chi connectivity index (χ1) is 5.34. The second-order valence-electron chi connectivity index (χ2n) is 2.62. The highest BCUT2D eigenvalue weighted by molar-refractivity contribution is 5.49. The Morgan fingerprint density at radius 3 is 2.73 bits per heavy atom. The average Bonchev–Trinajstić information content (AvgIpc) is 2.03. The Balaban J connectivity index is 2.62. The van der Waals surface area contributed by atoms with Crippen LogP contribution in [0.25, 0.3) is 0 Å². The van der Waals surface area contributed by atoms with Crippen molar-refractivity contribution in [2.75, 3.05) is 5.73 Å². The van der Waals surface area contributed by atoms with Crippen LogP contribution in [0, 0.1) is 6.42 Å². The quantitative estimate of drug-likeness (QED) is 0.655. The van der Waals surface area contributed by atoms with Crippen LogP contribution in [0.2, 0.25) is 0 Å². The summed E-state index contributed by atoms with van der Waals surface area (Å²) in [6, 6.07) is 7.95. The molecule has 1 nitrogen and oxygen atoms in total. The highest BCUT2D eigenvalue weighted by Gasteiger charge is 1.95. The number of rotatable bonds is 3. The van der Waals surface area contributed by atoms with Crippen molar-refractivity contribution in [3.8, 4) is 0 Å². The first-order valence-electron chi connectivity index (χ1n) is 4.02. The first kappa shape index (κ1) is 8.12. The van der Waals surface area contributed by atoms with E-state index in [-0.39, 0.29) is 0 Å². The molecule has 0 saturated carbocycles. The Morgan fingerprint density at radius 1 is 1.36 bits per heavy atom. The van der Waals surface area contributed by atoms with Gasteiger partial charge in [0, 0.05) is 5.69 Å². The third-order valence-corrected chi connectivity index (χ3v) is 1.65. The fourth-order valence-electron chi connectivity index (χ4n) is 0.997. The molecule has 0 atom stereocenters. The van der Waals surface area contributed by atoms with E-state index in [1.165, 1.54) is 6.42 Å². The molecule has 0 aromatic heterocycles. The highest BCUT2D eigenvalue weighted by Crippen LogP contribution is 2.14. The van der Waals surface area contributed by atoms with Gasteiger partial charge in [-0.1, -0.05) is 31.5 Å². The fourth-order valence-corrected chi connectivity index (χ4v) is 0.997. The SMILES string of the molecule is CCC[CH]c1ccccc1N. The third kappa shape index (κ3) is 2.26. The number of anilines is 1. The molecule has 0 aliphatic carbocycles. The summed E-state index contributed by atoms with van der Waals surface area (Å²) in [5.41, 5.74) is 7.77. The molecule has 1 aromatic carbocycles. The summed E-state index contributed by atoms with van der Waals surface area (Å²) >= 11 is 0. The number of nitrogens with two attached hydrogens (primary N) is 1. The van der Waals surface area contributed by atoms with Crippen LogP contribution in [0.15, 0.2) is 24.3 Å². The normalized spacial score (nSPS) is 9.91. The minimum absolute atomic E-state index is 0.876. The molecule has 11 heavy (non-hydrogen) atoms. The molecule has 0 fully saturated rings. The van der Waals surface area contributed by atoms with Crippen LogP contribution in [-0.2, 0) is 0 Å². The smallest absolute Gasteiger partial charge is 0.0349 e. The largest absolute Gasteiger partial charge is 0.398 e. The number of nitrogen functional groups attached to an aromatic ring is 1. The molecule has 0 aliphatic heterocycles. The Morgan fingerprint density at radius 2 is 2.09 bits per heavy atom. The minimum Gasteiger partial charge on any atom is -0.398 e. The summed E-state index contributed by atoms with van der Waals surface area (Å²) in [6.45, 7) is 2.16. The van der Waals surface area contributed by atoms with Crippen molar-refractivity contribution >= 4 is 5.69 Å². The fraction of sp³-hybridized carbons (Fsp3) is 0.300. The van der Waals surface area contributed by atoms with E-state index in [9.17, 15) is 0 Å². The van der Waals surface area contributed by atoms with Gasteiger partial charge in [-0.05, 0) is 24.5 Å². The monoisotopic (exact) mass is 148 g/mol. The molecular weight excluding hydrogens is 134 g/mol. The predicted molar refractivity (Wildman–Crippen MR) is 49.2 cm³/mol. The van der Waals surface area contributed by atoms with Gasteiger partial charge in [-0.2, -0.15) is 0 Å². The molecule has 1 radical (unpaired) electrons. The Kier molecular flexibility index (Phi) is 2.96. The summed E-state index contributed by atoms with van der Waals surface area (Å²) in [6.07, 6.45) is 4.46. The van der Waals surface area contributed by atoms with Gasteiger partial charge in [-0.25, -0.2) is 0 Å². The molecule has 0 aliphatic rings. The lowest BCUT2D eigenvalue weighted by atomic mass is 10.1. The van der Waals surface area contributed by atoms with Gasteiger partial charge >= 0.3 is 0 Å². The molecule has 0 bridgehead atoms. The van der Waals surface area contributed by atoms with E-state index in [0.717, 1.165) is 17.7 Å². The molecule has 0 unspecified atom stereocenters. The topological polar surface area (TPSA) is 26.0 Å². The van der Waals surface area contributed by atoms with Crippen LogP contribution in [-0.4, -0.2) is 0 Å². The molecular formula is C10H14N. The molecule has 0 heterocycles. The van der Waals surface area contributed by atoms with E-state index in [1.807, 2.05) is 24.3 Å². The maximum absolute atomic E-state index is 5.73. The summed E-state index contributed by atoms with van der Waals surface area (Å²) in [7, 11) is 0. The van der Waals surface area contributed by atoms with E-state index < -0.39 is 0 Å². The van der Waals surface area contributed by atoms with Crippen molar-refractivity contribution in [1.29, 1.82) is 0 Å². The maximum Gasteiger partial charge on any atom is 0.0349 e. The lowest BCUT2D eigenvalue weighted by Gasteiger charge is -2.02. The van der Waals surface area contributed by atoms with Crippen molar-refractivity contribution in [2.24, 2.45) is 0 Å². The molecule has 59 valence electrons. The number of para-hydroxylation sites is 1. The molecule has 1 aromatic rings. The second-order valence-corrected chi connectivity index (χ2v) is 2.62. The van der Waals surface area contributed by atoms with Crippen LogP contribution >= 0.6 is 0 Å². The maximum atomic E-state index is 5.73. The summed E-state index contributed by atoms with van der Waals surface area (Å²) in [5, 5.41) is 0. The van der Waals surface area contributed by atoms with Gasteiger partial charge in [0.05, 0.1) is 0 Å². The molecule has 0 amide bonds. The van der Waals surface area contributed by atoms with Crippen molar-refractivity contribution in [3.05, 3.63) is 36.2 Å². The standard InChI is InChI=1S/C10H14N/c1-2-3-6-9-7-4-5-8-10(9)11/h4-8H,2-3,11H2,1H3. The first-order valence-corrected chi connectivity index (χ1v) is 4.02. The van der Waals surface area contributed by atoms with Gasteiger partial charge in [-0.3, -0.25) is 0 Å². The zero-order valence-electron chi connectivity index (χ0n) is 6.88. The van der Waals surface area contributed by atoms with Gasteiger partial charge in [0.25, 0.3) is 0 Å². The van der Waals surface area contributed by atoms with E-state index in [2.05, 4.69) is 13.3 Å². The average molecular weight is 148 g/mol. The van der Waals surface area contributed by atoms with Crippen LogP contribution < -0.4 is 5.73 Å². The molecule has 2 N–H and O–H groups in total. The highest BCUT2D eigenvalue weighted by atomic mass is 14.6.